The average Bonchev–Trinajstić information content (AvgIpc) is 3.24. The summed E-state index contributed by atoms with van der Waals surface area (Å²) in [5.74, 6) is 0.436. The van der Waals surface area contributed by atoms with E-state index in [1.54, 1.807) is 60.7 Å². The Morgan fingerprint density at radius 1 is 0.868 bits per heavy atom. The highest BCUT2D eigenvalue weighted by molar-refractivity contribution is 6.06. The lowest BCUT2D eigenvalue weighted by Crippen LogP contribution is -2.47. The molecule has 0 bridgehead atoms. The number of carbonyl (C=O) groups is 3. The van der Waals surface area contributed by atoms with Crippen molar-refractivity contribution in [3.8, 4) is 11.5 Å². The first kappa shape index (κ1) is 26.6. The second kappa shape index (κ2) is 11.7. The highest BCUT2D eigenvalue weighted by Gasteiger charge is 2.27. The Morgan fingerprint density at radius 3 is 2.24 bits per heavy atom. The smallest absolute Gasteiger partial charge is 0.344 e. The molecular formula is C30H31N3O5. The number of hydrogen-bond donors (Lipinski definition) is 1. The number of primary amides is 1. The number of ether oxygens (including phenoxy) is 2. The molecule has 2 heterocycles. The van der Waals surface area contributed by atoms with Gasteiger partial charge in [-0.05, 0) is 73.3 Å². The minimum Gasteiger partial charge on any atom is -0.457 e. The predicted molar refractivity (Wildman–Crippen MR) is 146 cm³/mol. The number of carbonyl (C=O) groups excluding carboxylic acids is 3. The van der Waals surface area contributed by atoms with Crippen LogP contribution in [0.3, 0.4) is 0 Å². The molecule has 2 aliphatic rings. The number of benzene rings is 3. The molecule has 0 unspecified atom stereocenters. The molecule has 8 nitrogen and oxygen atoms in total. The fraction of sp³-hybridized carbons (Fsp3) is 0.233. The van der Waals surface area contributed by atoms with Crippen molar-refractivity contribution in [3.63, 3.8) is 0 Å². The van der Waals surface area contributed by atoms with E-state index in [2.05, 4.69) is 4.90 Å². The van der Waals surface area contributed by atoms with Gasteiger partial charge in [0, 0.05) is 42.9 Å². The number of likely N-dealkylation sites (N-methyl/N-ethyl adjacent to an activating group) is 1. The summed E-state index contributed by atoms with van der Waals surface area (Å²) in [6.45, 7) is 7.09. The number of fused-ring (bicyclic) bond motifs is 1. The van der Waals surface area contributed by atoms with Gasteiger partial charge in [-0.3, -0.25) is 9.59 Å². The Bertz CT molecular complexity index is 1370. The fourth-order valence-electron chi connectivity index (χ4n) is 4.21. The van der Waals surface area contributed by atoms with E-state index in [9.17, 15) is 14.4 Å². The first-order valence-corrected chi connectivity index (χ1v) is 12.6. The zero-order valence-corrected chi connectivity index (χ0v) is 21.8. The maximum Gasteiger partial charge on any atom is 0.344 e. The summed E-state index contributed by atoms with van der Waals surface area (Å²) < 4.78 is 11.4. The van der Waals surface area contributed by atoms with Crippen molar-refractivity contribution >= 4 is 29.6 Å². The van der Waals surface area contributed by atoms with Gasteiger partial charge in [-0.25, -0.2) is 4.79 Å². The third-order valence-electron chi connectivity index (χ3n) is 6.28. The molecule has 0 atom stereocenters. The first-order valence-electron chi connectivity index (χ1n) is 12.6. The van der Waals surface area contributed by atoms with Gasteiger partial charge in [-0.2, -0.15) is 0 Å². The summed E-state index contributed by atoms with van der Waals surface area (Å²) >= 11 is 0. The van der Waals surface area contributed by atoms with Gasteiger partial charge in [0.1, 0.15) is 17.3 Å². The molecule has 0 aromatic heterocycles. The average molecular weight is 514 g/mol. The van der Waals surface area contributed by atoms with E-state index >= 15 is 0 Å². The lowest BCUT2D eigenvalue weighted by atomic mass is 10.0. The Labute approximate surface area is 222 Å². The van der Waals surface area contributed by atoms with Crippen molar-refractivity contribution in [1.82, 2.24) is 9.80 Å². The van der Waals surface area contributed by atoms with Crippen LogP contribution in [0.25, 0.3) is 11.8 Å². The topological polar surface area (TPSA) is 102 Å². The van der Waals surface area contributed by atoms with Gasteiger partial charge in [0.25, 0.3) is 5.91 Å². The summed E-state index contributed by atoms with van der Waals surface area (Å²) in [6, 6.07) is 18.8. The number of esters is 1. The molecule has 196 valence electrons. The molecular weight excluding hydrogens is 482 g/mol. The second-order valence-corrected chi connectivity index (χ2v) is 8.82. The third kappa shape index (κ3) is 5.92. The van der Waals surface area contributed by atoms with Crippen LogP contribution in [0.5, 0.6) is 11.5 Å². The lowest BCUT2D eigenvalue weighted by Gasteiger charge is -2.32. The van der Waals surface area contributed by atoms with E-state index in [0.717, 1.165) is 18.7 Å². The number of cyclic esters (lactones) is 1. The van der Waals surface area contributed by atoms with Crippen LogP contribution in [0.2, 0.25) is 0 Å². The Kier molecular flexibility index (Phi) is 8.23. The standard InChI is InChI=1S/C28H25N3O5.C2H6/c1-30-11-13-31(14-12-30)27(33)20-4-2-3-18(15-20)16-25-24-17-22(9-10-23(24)28(34)36-25)35-21-7-5-19(6-8-21)26(29)32;1-2/h2-10,15-17H,11-14H2,1H3,(H2,29,32);1-2H3/b25-16-;. The van der Waals surface area contributed by atoms with Crippen molar-refractivity contribution in [3.05, 3.63) is 94.5 Å². The molecule has 3 aromatic carbocycles. The van der Waals surface area contributed by atoms with Crippen LogP contribution in [0, 0.1) is 0 Å². The maximum absolute atomic E-state index is 13.0. The second-order valence-electron chi connectivity index (χ2n) is 8.82. The minimum atomic E-state index is -0.515. The largest absolute Gasteiger partial charge is 0.457 e. The van der Waals surface area contributed by atoms with Gasteiger partial charge in [0.05, 0.1) is 5.56 Å². The normalized spacial score (nSPS) is 15.8. The van der Waals surface area contributed by atoms with Crippen LogP contribution in [-0.2, 0) is 4.74 Å². The Hall–Kier alpha value is -4.43. The molecule has 5 rings (SSSR count). The van der Waals surface area contributed by atoms with Crippen LogP contribution in [0.4, 0.5) is 0 Å². The Balaban J connectivity index is 0.00000164. The summed E-state index contributed by atoms with van der Waals surface area (Å²) in [4.78, 5) is 40.7. The van der Waals surface area contributed by atoms with Crippen molar-refractivity contribution < 1.29 is 23.9 Å². The van der Waals surface area contributed by atoms with E-state index < -0.39 is 11.9 Å². The first-order chi connectivity index (χ1) is 18.4. The van der Waals surface area contributed by atoms with Crippen molar-refractivity contribution in [1.29, 1.82) is 0 Å². The van der Waals surface area contributed by atoms with Crippen LogP contribution in [0.1, 0.15) is 56.0 Å². The molecule has 2 amide bonds. The highest BCUT2D eigenvalue weighted by atomic mass is 16.5. The van der Waals surface area contributed by atoms with E-state index in [1.165, 1.54) is 0 Å². The van der Waals surface area contributed by atoms with Gasteiger partial charge in [0.15, 0.2) is 0 Å². The van der Waals surface area contributed by atoms with E-state index in [4.69, 9.17) is 15.2 Å². The number of hydrogen-bond acceptors (Lipinski definition) is 6. The van der Waals surface area contributed by atoms with Gasteiger partial charge < -0.3 is 25.0 Å². The molecule has 2 N–H and O–H groups in total. The predicted octanol–water partition coefficient (Wildman–Crippen LogP) is 4.66. The van der Waals surface area contributed by atoms with Gasteiger partial charge in [-0.1, -0.05) is 26.0 Å². The lowest BCUT2D eigenvalue weighted by molar-refractivity contribution is 0.0662. The number of piperazine rings is 1. The van der Waals surface area contributed by atoms with Gasteiger partial charge in [0.2, 0.25) is 5.91 Å². The fourth-order valence-corrected chi connectivity index (χ4v) is 4.21. The van der Waals surface area contributed by atoms with Crippen molar-refractivity contribution in [2.45, 2.75) is 13.8 Å². The monoisotopic (exact) mass is 513 g/mol. The van der Waals surface area contributed by atoms with Crippen LogP contribution < -0.4 is 10.5 Å². The molecule has 0 radical (unpaired) electrons. The molecule has 3 aromatic rings. The molecule has 2 aliphatic heterocycles. The number of nitrogens with zero attached hydrogens (tertiary/aromatic N) is 2. The van der Waals surface area contributed by atoms with Crippen LogP contribution in [-0.4, -0.2) is 60.8 Å². The summed E-state index contributed by atoms with van der Waals surface area (Å²) in [5.41, 5.74) is 8.04. The molecule has 0 saturated carbocycles. The number of rotatable bonds is 5. The number of amides is 2. The van der Waals surface area contributed by atoms with E-state index in [0.29, 0.717) is 52.6 Å². The minimum absolute atomic E-state index is 0.00907. The van der Waals surface area contributed by atoms with Crippen LogP contribution >= 0.6 is 0 Å². The molecule has 1 saturated heterocycles. The summed E-state index contributed by atoms with van der Waals surface area (Å²) in [6.07, 6.45) is 1.75. The summed E-state index contributed by atoms with van der Waals surface area (Å²) in [5, 5.41) is 0. The van der Waals surface area contributed by atoms with E-state index in [-0.39, 0.29) is 5.91 Å². The van der Waals surface area contributed by atoms with Crippen molar-refractivity contribution in [2.75, 3.05) is 33.2 Å². The van der Waals surface area contributed by atoms with E-state index in [1.807, 2.05) is 37.9 Å². The molecule has 0 spiro atoms. The summed E-state index contributed by atoms with van der Waals surface area (Å²) in [7, 11) is 2.05. The zero-order valence-electron chi connectivity index (χ0n) is 21.8. The van der Waals surface area contributed by atoms with Gasteiger partial charge in [-0.15, -0.1) is 0 Å². The third-order valence-corrected chi connectivity index (χ3v) is 6.28. The maximum atomic E-state index is 13.0. The molecule has 0 aliphatic carbocycles. The molecule has 8 heteroatoms. The quantitative estimate of drug-likeness (QED) is 0.498. The van der Waals surface area contributed by atoms with Crippen molar-refractivity contribution in [2.24, 2.45) is 5.73 Å². The molecule has 1 fully saturated rings. The highest BCUT2D eigenvalue weighted by Crippen LogP contribution is 2.35. The van der Waals surface area contributed by atoms with Crippen LogP contribution in [0.15, 0.2) is 66.7 Å². The molecule has 38 heavy (non-hydrogen) atoms. The zero-order chi connectivity index (χ0) is 27.2. The SMILES string of the molecule is CC.CN1CCN(C(=O)c2cccc(/C=C3\OC(=O)c4ccc(Oc5ccc(C(N)=O)cc5)cc43)c2)CC1. The Morgan fingerprint density at radius 2 is 1.55 bits per heavy atom. The van der Waals surface area contributed by atoms with Gasteiger partial charge >= 0.3 is 5.97 Å². The number of nitrogens with two attached hydrogens (primary N) is 1.